The lowest BCUT2D eigenvalue weighted by Crippen LogP contribution is -2.39. The summed E-state index contributed by atoms with van der Waals surface area (Å²) in [4.78, 5) is 14.9. The molecule has 0 N–H and O–H groups in total. The summed E-state index contributed by atoms with van der Waals surface area (Å²) in [5.41, 5.74) is 1.95. The molecule has 0 aromatic heterocycles. The maximum absolute atomic E-state index is 12.9. The Morgan fingerprint density at radius 2 is 1.68 bits per heavy atom. The van der Waals surface area contributed by atoms with Crippen molar-refractivity contribution in [1.29, 1.82) is 5.26 Å². The van der Waals surface area contributed by atoms with Crippen molar-refractivity contribution in [3.05, 3.63) is 77.5 Å². The second-order valence-corrected chi connectivity index (χ2v) is 6.16. The van der Waals surface area contributed by atoms with E-state index in [1.165, 1.54) is 7.11 Å². The number of methoxy groups -OCH3 is 1. The Morgan fingerprint density at radius 3 is 2.20 bits per heavy atom. The van der Waals surface area contributed by atoms with Gasteiger partial charge in [-0.2, -0.15) is 5.26 Å². The summed E-state index contributed by atoms with van der Waals surface area (Å²) >= 11 is 0. The van der Waals surface area contributed by atoms with Crippen LogP contribution < -0.4 is 0 Å². The van der Waals surface area contributed by atoms with Crippen LogP contribution in [0.1, 0.15) is 24.1 Å². The molecule has 25 heavy (non-hydrogen) atoms. The zero-order valence-corrected chi connectivity index (χ0v) is 14.6. The molecule has 1 aliphatic rings. The van der Waals surface area contributed by atoms with Gasteiger partial charge in [-0.3, -0.25) is 0 Å². The van der Waals surface area contributed by atoms with Gasteiger partial charge in [-0.15, -0.1) is 0 Å². The molecule has 0 bridgehead atoms. The maximum Gasteiger partial charge on any atom is 0.333 e. The summed E-state index contributed by atoms with van der Waals surface area (Å²) in [6, 6.07) is 21.1. The van der Waals surface area contributed by atoms with Crippen LogP contribution in [-0.2, 0) is 9.53 Å². The average Bonchev–Trinajstić information content (AvgIpc) is 2.90. The van der Waals surface area contributed by atoms with Crippen molar-refractivity contribution in [3.63, 3.8) is 0 Å². The number of carbonyl (C=O) groups is 1. The van der Waals surface area contributed by atoms with E-state index >= 15 is 0 Å². The standard InChI is InChI=1S/C21H20N2O2/c1-15-18(16-10-6-4-7-11-16)21(14-22,20(24)25-3)19(23(15)2)17-12-8-5-9-13-17/h4-13,19H,1-3H3/t19-,21+/m0/s1. The second-order valence-electron chi connectivity index (χ2n) is 6.16. The highest BCUT2D eigenvalue weighted by Gasteiger charge is 2.58. The van der Waals surface area contributed by atoms with E-state index in [1.54, 1.807) is 0 Å². The Kier molecular flexibility index (Phi) is 4.33. The lowest BCUT2D eigenvalue weighted by molar-refractivity contribution is -0.148. The van der Waals surface area contributed by atoms with Gasteiger partial charge in [0.2, 0.25) is 5.41 Å². The van der Waals surface area contributed by atoms with Crippen molar-refractivity contribution >= 4 is 11.5 Å². The molecular formula is C21H20N2O2. The van der Waals surface area contributed by atoms with E-state index in [0.29, 0.717) is 5.57 Å². The Bertz CT molecular complexity index is 852. The molecule has 0 aliphatic carbocycles. The highest BCUT2D eigenvalue weighted by atomic mass is 16.5. The topological polar surface area (TPSA) is 53.3 Å². The molecule has 0 saturated carbocycles. The number of nitriles is 1. The van der Waals surface area contributed by atoms with Crippen LogP contribution in [0.25, 0.3) is 5.57 Å². The zero-order valence-electron chi connectivity index (χ0n) is 14.6. The first-order valence-electron chi connectivity index (χ1n) is 8.12. The Balaban J connectivity index is 2.30. The largest absolute Gasteiger partial charge is 0.468 e. The third-order valence-corrected chi connectivity index (χ3v) is 4.94. The molecule has 1 aliphatic heterocycles. The molecule has 4 heteroatoms. The van der Waals surface area contributed by atoms with Crippen LogP contribution in [0.4, 0.5) is 0 Å². The first-order valence-corrected chi connectivity index (χ1v) is 8.12. The van der Waals surface area contributed by atoms with Crippen LogP contribution in [0.15, 0.2) is 66.4 Å². The SMILES string of the molecule is COC(=O)[C@]1(C#N)C(c2ccccc2)=C(C)N(C)[C@H]1c1ccccc1. The van der Waals surface area contributed by atoms with Crippen molar-refractivity contribution in [2.45, 2.75) is 13.0 Å². The van der Waals surface area contributed by atoms with Crippen molar-refractivity contribution in [3.8, 4) is 6.07 Å². The molecule has 0 spiro atoms. The average molecular weight is 332 g/mol. The van der Waals surface area contributed by atoms with E-state index in [-0.39, 0.29) is 0 Å². The third kappa shape index (κ3) is 2.40. The number of benzene rings is 2. The normalized spacial score (nSPS) is 22.6. The number of allylic oxidation sites excluding steroid dienone is 1. The van der Waals surface area contributed by atoms with Crippen LogP contribution in [-0.4, -0.2) is 25.0 Å². The fourth-order valence-electron chi connectivity index (χ4n) is 3.77. The Labute approximate surface area is 148 Å². The molecule has 2 atom stereocenters. The summed E-state index contributed by atoms with van der Waals surface area (Å²) in [6.07, 6.45) is 0. The fourth-order valence-corrected chi connectivity index (χ4v) is 3.77. The highest BCUT2D eigenvalue weighted by molar-refractivity contribution is 6.00. The number of esters is 1. The molecule has 126 valence electrons. The molecule has 0 unspecified atom stereocenters. The summed E-state index contributed by atoms with van der Waals surface area (Å²) in [7, 11) is 3.25. The number of nitrogens with zero attached hydrogens (tertiary/aromatic N) is 2. The van der Waals surface area contributed by atoms with Crippen molar-refractivity contribution in [1.82, 2.24) is 4.90 Å². The molecule has 4 nitrogen and oxygen atoms in total. The minimum Gasteiger partial charge on any atom is -0.468 e. The maximum atomic E-state index is 12.9. The Morgan fingerprint density at radius 1 is 1.12 bits per heavy atom. The lowest BCUT2D eigenvalue weighted by Gasteiger charge is -2.33. The fraction of sp³-hybridized carbons (Fsp3) is 0.238. The Hall–Kier alpha value is -3.06. The lowest BCUT2D eigenvalue weighted by atomic mass is 9.72. The molecule has 0 amide bonds. The zero-order chi connectivity index (χ0) is 18.0. The molecule has 1 heterocycles. The second kappa shape index (κ2) is 6.45. The quantitative estimate of drug-likeness (QED) is 0.803. The summed E-state index contributed by atoms with van der Waals surface area (Å²) < 4.78 is 5.11. The molecule has 3 rings (SSSR count). The molecule has 0 saturated heterocycles. The molecule has 0 fully saturated rings. The van der Waals surface area contributed by atoms with Gasteiger partial charge in [0.05, 0.1) is 19.2 Å². The van der Waals surface area contributed by atoms with Crippen molar-refractivity contribution in [2.24, 2.45) is 5.41 Å². The monoisotopic (exact) mass is 332 g/mol. The number of carbonyl (C=O) groups excluding carboxylic acids is 1. The first kappa shape index (κ1) is 16.8. The van der Waals surface area contributed by atoms with Crippen LogP contribution in [0.5, 0.6) is 0 Å². The number of hydrogen-bond acceptors (Lipinski definition) is 4. The minimum absolute atomic E-state index is 0.443. The van der Waals surface area contributed by atoms with Gasteiger partial charge >= 0.3 is 5.97 Å². The van der Waals surface area contributed by atoms with Crippen LogP contribution in [0.3, 0.4) is 0 Å². The molecule has 2 aromatic rings. The van der Waals surface area contributed by atoms with E-state index in [2.05, 4.69) is 6.07 Å². The van der Waals surface area contributed by atoms with Gasteiger partial charge in [0.15, 0.2) is 0 Å². The molecule has 0 radical (unpaired) electrons. The summed E-state index contributed by atoms with van der Waals surface area (Å²) in [5.74, 6) is -0.536. The predicted molar refractivity (Wildman–Crippen MR) is 96.0 cm³/mol. The third-order valence-electron chi connectivity index (χ3n) is 4.94. The van der Waals surface area contributed by atoms with Gasteiger partial charge in [0.1, 0.15) is 0 Å². The van der Waals surface area contributed by atoms with E-state index in [0.717, 1.165) is 16.8 Å². The van der Waals surface area contributed by atoms with Gasteiger partial charge in [-0.1, -0.05) is 60.7 Å². The van der Waals surface area contributed by atoms with Gasteiger partial charge in [-0.05, 0) is 18.1 Å². The highest BCUT2D eigenvalue weighted by Crippen LogP contribution is 2.56. The van der Waals surface area contributed by atoms with Crippen LogP contribution >= 0.6 is 0 Å². The van der Waals surface area contributed by atoms with E-state index < -0.39 is 17.4 Å². The van der Waals surface area contributed by atoms with Crippen molar-refractivity contribution < 1.29 is 9.53 Å². The summed E-state index contributed by atoms with van der Waals surface area (Å²) in [5, 5.41) is 10.2. The van der Waals surface area contributed by atoms with Crippen LogP contribution in [0.2, 0.25) is 0 Å². The van der Waals surface area contributed by atoms with Gasteiger partial charge in [-0.25, -0.2) is 4.79 Å². The molecule has 2 aromatic carbocycles. The summed E-state index contributed by atoms with van der Waals surface area (Å²) in [6.45, 7) is 1.94. The van der Waals surface area contributed by atoms with E-state index in [1.807, 2.05) is 79.5 Å². The molecular weight excluding hydrogens is 312 g/mol. The van der Waals surface area contributed by atoms with E-state index in [9.17, 15) is 10.1 Å². The van der Waals surface area contributed by atoms with Gasteiger partial charge in [0, 0.05) is 18.3 Å². The smallest absolute Gasteiger partial charge is 0.333 e. The van der Waals surface area contributed by atoms with Gasteiger partial charge in [0.25, 0.3) is 0 Å². The van der Waals surface area contributed by atoms with Gasteiger partial charge < -0.3 is 9.64 Å². The van der Waals surface area contributed by atoms with E-state index in [4.69, 9.17) is 4.74 Å². The predicted octanol–water partition coefficient (Wildman–Crippen LogP) is 3.79. The number of hydrogen-bond donors (Lipinski definition) is 0. The van der Waals surface area contributed by atoms with Crippen molar-refractivity contribution in [2.75, 3.05) is 14.2 Å². The minimum atomic E-state index is -1.42. The van der Waals surface area contributed by atoms with Crippen LogP contribution in [0, 0.1) is 16.7 Å². The number of rotatable bonds is 3. The first-order chi connectivity index (χ1) is 12.1. The number of ether oxygens (including phenoxy) is 1.